The van der Waals surface area contributed by atoms with Gasteiger partial charge in [-0.3, -0.25) is 4.57 Å². The Morgan fingerprint density at radius 1 is 0.800 bits per heavy atom. The van der Waals surface area contributed by atoms with Gasteiger partial charge in [-0.2, -0.15) is 4.68 Å². The first-order valence-corrected chi connectivity index (χ1v) is 16.3. The Bertz CT molecular complexity index is 1140. The topological polar surface area (TPSA) is 162 Å². The molecule has 0 unspecified atom stereocenters. The molecule has 2 heterocycles. The quantitative estimate of drug-likeness (QED) is 0.206. The minimum atomic E-state index is -2.59. The molecular formula is C23H39N7O8Si2. The zero-order chi connectivity index (χ0) is 29.4. The van der Waals surface area contributed by atoms with Gasteiger partial charge in [0, 0.05) is 80.2 Å². The third kappa shape index (κ3) is 9.27. The van der Waals surface area contributed by atoms with E-state index in [0.29, 0.717) is 42.6 Å². The van der Waals surface area contributed by atoms with Crippen molar-refractivity contribution in [1.82, 2.24) is 35.2 Å². The molecule has 17 heteroatoms. The second-order valence-electron chi connectivity index (χ2n) is 8.22. The zero-order valence-electron chi connectivity index (χ0n) is 23.8. The first-order chi connectivity index (χ1) is 19.3. The van der Waals surface area contributed by atoms with Gasteiger partial charge in [0.1, 0.15) is 11.8 Å². The van der Waals surface area contributed by atoms with Crippen molar-refractivity contribution >= 4 is 40.7 Å². The third-order valence-corrected chi connectivity index (χ3v) is 11.7. The number of fused-ring (bicyclic) bond motifs is 1. The Balaban J connectivity index is 0.000000286. The Hall–Kier alpha value is -3.04. The molecule has 3 rings (SSSR count). The smallest absolute Gasteiger partial charge is 0.377 e. The molecule has 0 aliphatic carbocycles. The number of nitrogens with one attached hydrogen (secondary N) is 2. The summed E-state index contributed by atoms with van der Waals surface area (Å²) >= 11 is 0. The lowest BCUT2D eigenvalue weighted by molar-refractivity contribution is 0.122. The maximum Gasteiger partial charge on any atom is 0.500 e. The van der Waals surface area contributed by atoms with Gasteiger partial charge in [-0.25, -0.2) is 14.6 Å². The summed E-state index contributed by atoms with van der Waals surface area (Å²) < 4.78 is 34.5. The van der Waals surface area contributed by atoms with Gasteiger partial charge in [0.25, 0.3) is 0 Å². The molecule has 0 radical (unpaired) electrons. The van der Waals surface area contributed by atoms with Crippen molar-refractivity contribution in [3.63, 3.8) is 0 Å². The molecule has 0 bridgehead atoms. The van der Waals surface area contributed by atoms with Gasteiger partial charge in [-0.15, -0.1) is 5.10 Å². The average molecular weight is 598 g/mol. The molecule has 15 nitrogen and oxygen atoms in total. The van der Waals surface area contributed by atoms with Crippen LogP contribution in [0.4, 0.5) is 9.59 Å². The van der Waals surface area contributed by atoms with Crippen LogP contribution in [0, 0.1) is 0 Å². The van der Waals surface area contributed by atoms with Gasteiger partial charge in [-0.05, 0) is 25.0 Å². The van der Waals surface area contributed by atoms with Gasteiger partial charge in [0.2, 0.25) is 0 Å². The fourth-order valence-corrected chi connectivity index (χ4v) is 7.12. The second kappa shape index (κ2) is 16.9. The molecule has 0 spiro atoms. The first kappa shape index (κ1) is 33.2. The van der Waals surface area contributed by atoms with E-state index in [0.717, 1.165) is 6.42 Å². The van der Waals surface area contributed by atoms with E-state index in [9.17, 15) is 9.59 Å². The van der Waals surface area contributed by atoms with Crippen molar-refractivity contribution in [2.75, 3.05) is 55.7 Å². The van der Waals surface area contributed by atoms with Crippen LogP contribution in [0.5, 0.6) is 0 Å². The van der Waals surface area contributed by atoms with E-state index in [4.69, 9.17) is 26.6 Å². The molecule has 2 amide bonds. The Morgan fingerprint density at radius 3 is 1.82 bits per heavy atom. The summed E-state index contributed by atoms with van der Waals surface area (Å²) in [5, 5.41) is 13.4. The van der Waals surface area contributed by atoms with Crippen LogP contribution in [0.1, 0.15) is 12.8 Å². The molecule has 0 aliphatic heterocycles. The predicted molar refractivity (Wildman–Crippen MR) is 150 cm³/mol. The standard InChI is InChI=1S/C13H20N4O4Si.C10H19N3O4Si/c1-19-22(20-2,21-3)10-6-9-14-13(18)17-12-8-5-4-7-11(12)15-16-17;1-15-18(16-2,17-3)8-4-5-12-10(14)13-7-6-11-9-13/h4-5,7-8H,6,9-10H2,1-3H3,(H,14,18);6-7,9H,4-5,8H2,1-3H3,(H,12,14). The number of benzene rings is 1. The minimum absolute atomic E-state index is 0.202. The molecule has 40 heavy (non-hydrogen) atoms. The number of hydrogen-bond acceptors (Lipinski definition) is 11. The highest BCUT2D eigenvalue weighted by molar-refractivity contribution is 6.60. The number of imidazole rings is 1. The monoisotopic (exact) mass is 597 g/mol. The van der Waals surface area contributed by atoms with Gasteiger partial charge < -0.3 is 37.2 Å². The number of amides is 2. The summed E-state index contributed by atoms with van der Waals surface area (Å²) in [6.07, 6.45) is 6.00. The van der Waals surface area contributed by atoms with E-state index < -0.39 is 17.6 Å². The predicted octanol–water partition coefficient (Wildman–Crippen LogP) is 1.97. The highest BCUT2D eigenvalue weighted by atomic mass is 28.4. The zero-order valence-corrected chi connectivity index (χ0v) is 25.8. The number of aromatic nitrogens is 5. The highest BCUT2D eigenvalue weighted by Gasteiger charge is 2.37. The molecule has 0 atom stereocenters. The largest absolute Gasteiger partial charge is 0.500 e. The van der Waals surface area contributed by atoms with E-state index in [1.54, 1.807) is 61.1 Å². The van der Waals surface area contributed by atoms with E-state index in [1.165, 1.54) is 15.6 Å². The number of hydrogen-bond donors (Lipinski definition) is 2. The summed E-state index contributed by atoms with van der Waals surface area (Å²) in [6.45, 7) is 1.000. The Kier molecular flexibility index (Phi) is 14.0. The lowest BCUT2D eigenvalue weighted by atomic mass is 10.3. The van der Waals surface area contributed by atoms with Crippen molar-refractivity contribution in [2.24, 2.45) is 0 Å². The molecule has 2 aromatic heterocycles. The molecule has 3 aromatic rings. The summed E-state index contributed by atoms with van der Waals surface area (Å²) in [4.78, 5) is 27.5. The number of nitrogens with zero attached hydrogens (tertiary/aromatic N) is 5. The van der Waals surface area contributed by atoms with Crippen molar-refractivity contribution in [1.29, 1.82) is 0 Å². The Labute approximate surface area is 235 Å². The molecule has 1 aromatic carbocycles. The molecule has 222 valence electrons. The SMILES string of the molecule is CO[Si](CCCNC(=O)n1ccnc1)(OC)OC.CO[Si](CCCNC(=O)n1nnc2ccccc21)(OC)OC. The van der Waals surface area contributed by atoms with Crippen LogP contribution in [-0.2, 0) is 26.6 Å². The summed E-state index contributed by atoms with van der Waals surface area (Å²) in [5.41, 5.74) is 1.36. The van der Waals surface area contributed by atoms with Gasteiger partial charge in [0.15, 0.2) is 0 Å². The maximum absolute atomic E-state index is 12.1. The first-order valence-electron chi connectivity index (χ1n) is 12.5. The van der Waals surface area contributed by atoms with E-state index in [2.05, 4.69) is 25.9 Å². The van der Waals surface area contributed by atoms with E-state index in [-0.39, 0.29) is 12.1 Å². The van der Waals surface area contributed by atoms with Crippen molar-refractivity contribution < 1.29 is 36.1 Å². The molecular weight excluding hydrogens is 558 g/mol. The normalized spacial score (nSPS) is 11.7. The van der Waals surface area contributed by atoms with Crippen LogP contribution in [0.3, 0.4) is 0 Å². The van der Waals surface area contributed by atoms with Crippen LogP contribution >= 0.6 is 0 Å². The molecule has 0 saturated heterocycles. The Morgan fingerprint density at radius 2 is 1.32 bits per heavy atom. The van der Waals surface area contributed by atoms with E-state index in [1.807, 2.05) is 18.2 Å². The van der Waals surface area contributed by atoms with Gasteiger partial charge >= 0.3 is 29.7 Å². The number of para-hydroxylation sites is 1. The fourth-order valence-electron chi connectivity index (χ4n) is 3.68. The summed E-state index contributed by atoms with van der Waals surface area (Å²) in [7, 11) is 4.31. The number of carbonyl (C=O) groups is 2. The van der Waals surface area contributed by atoms with Gasteiger partial charge in [-0.1, -0.05) is 17.3 Å². The molecule has 2 N–H and O–H groups in total. The van der Waals surface area contributed by atoms with Gasteiger partial charge in [0.05, 0.1) is 5.52 Å². The lowest BCUT2D eigenvalue weighted by Crippen LogP contribution is -2.43. The van der Waals surface area contributed by atoms with Crippen LogP contribution in [0.15, 0.2) is 43.0 Å². The minimum Gasteiger partial charge on any atom is -0.377 e. The van der Waals surface area contributed by atoms with Crippen molar-refractivity contribution in [3.8, 4) is 0 Å². The average Bonchev–Trinajstić information content (AvgIpc) is 3.69. The van der Waals surface area contributed by atoms with Crippen LogP contribution < -0.4 is 10.6 Å². The van der Waals surface area contributed by atoms with Crippen LogP contribution in [0.2, 0.25) is 12.1 Å². The number of rotatable bonds is 14. The highest BCUT2D eigenvalue weighted by Crippen LogP contribution is 2.15. The van der Waals surface area contributed by atoms with Crippen LogP contribution in [0.25, 0.3) is 11.0 Å². The summed E-state index contributed by atoms with van der Waals surface area (Å²) in [5.74, 6) is 0. The van der Waals surface area contributed by atoms with Crippen molar-refractivity contribution in [3.05, 3.63) is 43.0 Å². The second-order valence-corrected chi connectivity index (χ2v) is 14.4. The third-order valence-electron chi connectivity index (χ3n) is 6.02. The van der Waals surface area contributed by atoms with Crippen LogP contribution in [-0.4, -0.2) is 110 Å². The molecule has 0 saturated carbocycles. The molecule has 0 aliphatic rings. The lowest BCUT2D eigenvalue weighted by Gasteiger charge is -2.24. The summed E-state index contributed by atoms with van der Waals surface area (Å²) in [6, 6.07) is 8.06. The van der Waals surface area contributed by atoms with E-state index >= 15 is 0 Å². The van der Waals surface area contributed by atoms with Crippen molar-refractivity contribution in [2.45, 2.75) is 24.9 Å². The molecule has 0 fully saturated rings. The maximum atomic E-state index is 12.1. The fraction of sp³-hybridized carbons (Fsp3) is 0.522. The number of carbonyl (C=O) groups excluding carboxylic acids is 2.